The molecule has 7 heteroatoms. The van der Waals surface area contributed by atoms with Crippen molar-refractivity contribution in [3.8, 4) is 11.4 Å². The van der Waals surface area contributed by atoms with Gasteiger partial charge in [-0.2, -0.15) is 0 Å². The normalized spacial score (nSPS) is 11.1. The van der Waals surface area contributed by atoms with Crippen LogP contribution in [0.1, 0.15) is 31.3 Å². The summed E-state index contributed by atoms with van der Waals surface area (Å²) >= 11 is 5.87. The number of non-ortho nitro benzene ring substituents is 1. The number of benzene rings is 1. The molecule has 0 amide bonds. The molecule has 1 aromatic carbocycles. The van der Waals surface area contributed by atoms with E-state index in [9.17, 15) is 10.1 Å². The molecule has 0 N–H and O–H groups in total. The molecule has 0 saturated heterocycles. The summed E-state index contributed by atoms with van der Waals surface area (Å²) in [5, 5.41) is 19.1. The third kappa shape index (κ3) is 2.51. The molecule has 1 heterocycles. The highest BCUT2D eigenvalue weighted by molar-refractivity contribution is 6.16. The number of aromatic nitrogens is 3. The molecule has 2 aromatic rings. The van der Waals surface area contributed by atoms with Gasteiger partial charge in [0, 0.05) is 23.7 Å². The van der Waals surface area contributed by atoms with Crippen molar-refractivity contribution in [3.05, 3.63) is 39.7 Å². The molecule has 0 saturated carbocycles. The van der Waals surface area contributed by atoms with Crippen molar-refractivity contribution in [3.63, 3.8) is 0 Å². The smallest absolute Gasteiger partial charge is 0.270 e. The first-order valence-corrected chi connectivity index (χ1v) is 6.74. The zero-order valence-electron chi connectivity index (χ0n) is 11.5. The average Bonchev–Trinajstić information content (AvgIpc) is 2.82. The van der Waals surface area contributed by atoms with Crippen LogP contribution in [0.3, 0.4) is 0 Å². The van der Waals surface area contributed by atoms with E-state index in [-0.39, 0.29) is 17.6 Å². The Bertz CT molecular complexity index is 652. The topological polar surface area (TPSA) is 73.8 Å². The van der Waals surface area contributed by atoms with Crippen molar-refractivity contribution >= 4 is 17.3 Å². The van der Waals surface area contributed by atoms with E-state index in [1.807, 2.05) is 25.3 Å². The van der Waals surface area contributed by atoms with E-state index in [0.29, 0.717) is 17.2 Å². The third-order valence-electron chi connectivity index (χ3n) is 3.08. The molecule has 0 aliphatic carbocycles. The van der Waals surface area contributed by atoms with Gasteiger partial charge in [0.05, 0.1) is 10.8 Å². The Hall–Kier alpha value is -1.95. The van der Waals surface area contributed by atoms with Crippen LogP contribution in [-0.2, 0) is 5.88 Å². The van der Waals surface area contributed by atoms with Crippen molar-refractivity contribution in [2.24, 2.45) is 0 Å². The van der Waals surface area contributed by atoms with E-state index < -0.39 is 4.92 Å². The number of alkyl halides is 1. The summed E-state index contributed by atoms with van der Waals surface area (Å²) in [5.74, 6) is 1.51. The van der Waals surface area contributed by atoms with E-state index in [0.717, 1.165) is 5.56 Å². The van der Waals surface area contributed by atoms with Gasteiger partial charge >= 0.3 is 0 Å². The Morgan fingerprint density at radius 2 is 2.10 bits per heavy atom. The molecule has 0 fully saturated rings. The summed E-state index contributed by atoms with van der Waals surface area (Å²) in [6.45, 7) is 5.88. The van der Waals surface area contributed by atoms with E-state index in [2.05, 4.69) is 10.2 Å². The van der Waals surface area contributed by atoms with E-state index >= 15 is 0 Å². The minimum Gasteiger partial charge on any atom is -0.307 e. The Labute approximate surface area is 121 Å². The molecule has 20 heavy (non-hydrogen) atoms. The van der Waals surface area contributed by atoms with Gasteiger partial charge < -0.3 is 4.57 Å². The van der Waals surface area contributed by atoms with Gasteiger partial charge in [0.15, 0.2) is 5.82 Å². The summed E-state index contributed by atoms with van der Waals surface area (Å²) in [6.07, 6.45) is 0. The number of nitrogens with zero attached hydrogens (tertiary/aromatic N) is 4. The lowest BCUT2D eigenvalue weighted by Crippen LogP contribution is -2.07. The van der Waals surface area contributed by atoms with Crippen molar-refractivity contribution < 1.29 is 4.92 Å². The Morgan fingerprint density at radius 1 is 1.40 bits per heavy atom. The fourth-order valence-electron chi connectivity index (χ4n) is 2.11. The van der Waals surface area contributed by atoms with Gasteiger partial charge in [-0.25, -0.2) is 0 Å². The monoisotopic (exact) mass is 294 g/mol. The maximum Gasteiger partial charge on any atom is 0.270 e. The van der Waals surface area contributed by atoms with Crippen molar-refractivity contribution in [2.45, 2.75) is 32.7 Å². The van der Waals surface area contributed by atoms with Crippen molar-refractivity contribution in [1.29, 1.82) is 0 Å². The summed E-state index contributed by atoms with van der Waals surface area (Å²) in [6, 6.07) is 4.84. The molecule has 2 rings (SSSR count). The lowest BCUT2D eigenvalue weighted by Gasteiger charge is -2.14. The highest BCUT2D eigenvalue weighted by atomic mass is 35.5. The summed E-state index contributed by atoms with van der Waals surface area (Å²) in [4.78, 5) is 10.5. The van der Waals surface area contributed by atoms with Crippen LogP contribution in [0.5, 0.6) is 0 Å². The standard InChI is InChI=1S/C13H15ClN4O2/c1-8(2)17-12(7-14)15-16-13(17)11-6-10(18(19)20)5-4-9(11)3/h4-6,8H,7H2,1-3H3. The lowest BCUT2D eigenvalue weighted by atomic mass is 10.1. The molecule has 0 spiro atoms. The minimum absolute atomic E-state index is 0.0383. The fraction of sp³-hybridized carbons (Fsp3) is 0.385. The van der Waals surface area contributed by atoms with Crippen molar-refractivity contribution in [1.82, 2.24) is 14.8 Å². The van der Waals surface area contributed by atoms with Crippen LogP contribution in [0.15, 0.2) is 18.2 Å². The number of hydrogen-bond acceptors (Lipinski definition) is 4. The quantitative estimate of drug-likeness (QED) is 0.491. The number of nitro groups is 1. The third-order valence-corrected chi connectivity index (χ3v) is 3.31. The van der Waals surface area contributed by atoms with Gasteiger partial charge in [0.2, 0.25) is 0 Å². The molecular weight excluding hydrogens is 280 g/mol. The number of hydrogen-bond donors (Lipinski definition) is 0. The zero-order chi connectivity index (χ0) is 14.9. The summed E-state index contributed by atoms with van der Waals surface area (Å²) < 4.78 is 1.90. The second kappa shape index (κ2) is 5.58. The number of halogens is 1. The first-order chi connectivity index (χ1) is 9.45. The second-order valence-electron chi connectivity index (χ2n) is 4.79. The van der Waals surface area contributed by atoms with Crippen LogP contribution < -0.4 is 0 Å². The SMILES string of the molecule is Cc1ccc([N+](=O)[O-])cc1-c1nnc(CCl)n1C(C)C. The maximum absolute atomic E-state index is 10.9. The molecule has 1 aromatic heterocycles. The van der Waals surface area contributed by atoms with Crippen LogP contribution in [0.4, 0.5) is 5.69 Å². The maximum atomic E-state index is 10.9. The Balaban J connectivity index is 2.65. The first-order valence-electron chi connectivity index (χ1n) is 6.20. The van der Waals surface area contributed by atoms with Gasteiger partial charge in [-0.15, -0.1) is 21.8 Å². The molecule has 0 aliphatic rings. The first kappa shape index (κ1) is 14.5. The lowest BCUT2D eigenvalue weighted by molar-refractivity contribution is -0.384. The van der Waals surface area contributed by atoms with Gasteiger partial charge in [-0.05, 0) is 26.3 Å². The van der Waals surface area contributed by atoms with Crippen LogP contribution in [-0.4, -0.2) is 19.7 Å². The minimum atomic E-state index is -0.415. The molecular formula is C13H15ClN4O2. The summed E-state index contributed by atoms with van der Waals surface area (Å²) in [7, 11) is 0. The predicted octanol–water partition coefficient (Wildman–Crippen LogP) is 3.48. The highest BCUT2D eigenvalue weighted by Gasteiger charge is 2.19. The van der Waals surface area contributed by atoms with Crippen LogP contribution in [0.25, 0.3) is 11.4 Å². The van der Waals surface area contributed by atoms with Gasteiger partial charge in [-0.3, -0.25) is 10.1 Å². The Morgan fingerprint density at radius 3 is 2.65 bits per heavy atom. The molecule has 0 atom stereocenters. The molecule has 6 nitrogen and oxygen atoms in total. The molecule has 0 bridgehead atoms. The van der Waals surface area contributed by atoms with Gasteiger partial charge in [0.1, 0.15) is 5.82 Å². The Kier molecular flexibility index (Phi) is 4.04. The van der Waals surface area contributed by atoms with Gasteiger partial charge in [0.25, 0.3) is 5.69 Å². The average molecular weight is 295 g/mol. The highest BCUT2D eigenvalue weighted by Crippen LogP contribution is 2.29. The van der Waals surface area contributed by atoms with Crippen molar-refractivity contribution in [2.75, 3.05) is 0 Å². The second-order valence-corrected chi connectivity index (χ2v) is 5.06. The zero-order valence-corrected chi connectivity index (χ0v) is 12.3. The van der Waals surface area contributed by atoms with Crippen LogP contribution in [0.2, 0.25) is 0 Å². The number of rotatable bonds is 4. The van der Waals surface area contributed by atoms with Crippen LogP contribution >= 0.6 is 11.6 Å². The van der Waals surface area contributed by atoms with E-state index in [4.69, 9.17) is 11.6 Å². The van der Waals surface area contributed by atoms with E-state index in [1.165, 1.54) is 12.1 Å². The molecule has 106 valence electrons. The van der Waals surface area contributed by atoms with Gasteiger partial charge in [-0.1, -0.05) is 6.07 Å². The largest absolute Gasteiger partial charge is 0.307 e. The predicted molar refractivity (Wildman–Crippen MR) is 76.8 cm³/mol. The number of nitro benzene ring substituents is 1. The summed E-state index contributed by atoms with van der Waals surface area (Å²) in [5.41, 5.74) is 1.65. The number of aryl methyl sites for hydroxylation is 1. The van der Waals surface area contributed by atoms with E-state index in [1.54, 1.807) is 6.07 Å². The molecule has 0 aliphatic heterocycles. The van der Waals surface area contributed by atoms with Crippen LogP contribution in [0, 0.1) is 17.0 Å². The molecule has 0 radical (unpaired) electrons. The fourth-order valence-corrected chi connectivity index (χ4v) is 2.29. The molecule has 0 unspecified atom stereocenters.